The number of amides is 1. The third-order valence-corrected chi connectivity index (χ3v) is 3.73. The van der Waals surface area contributed by atoms with E-state index < -0.39 is 0 Å². The maximum Gasteiger partial charge on any atom is 0.225 e. The van der Waals surface area contributed by atoms with E-state index in [2.05, 4.69) is 15.6 Å². The van der Waals surface area contributed by atoms with Crippen molar-refractivity contribution < 1.29 is 4.79 Å². The van der Waals surface area contributed by atoms with E-state index in [0.29, 0.717) is 18.3 Å². The summed E-state index contributed by atoms with van der Waals surface area (Å²) in [5, 5.41) is 6.36. The van der Waals surface area contributed by atoms with Crippen molar-refractivity contribution in [1.29, 1.82) is 0 Å². The van der Waals surface area contributed by atoms with Crippen molar-refractivity contribution in [3.05, 3.63) is 18.3 Å². The molecule has 0 aromatic carbocycles. The van der Waals surface area contributed by atoms with Crippen LogP contribution < -0.4 is 10.6 Å². The van der Waals surface area contributed by atoms with Gasteiger partial charge in [-0.05, 0) is 31.4 Å². The first-order valence-electron chi connectivity index (χ1n) is 7.80. The highest BCUT2D eigenvalue weighted by molar-refractivity contribution is 5.89. The summed E-state index contributed by atoms with van der Waals surface area (Å²) < 4.78 is 0. The number of aromatic nitrogens is 1. The molecule has 1 heterocycles. The lowest BCUT2D eigenvalue weighted by molar-refractivity contribution is -0.116. The van der Waals surface area contributed by atoms with Crippen LogP contribution in [-0.2, 0) is 4.79 Å². The van der Waals surface area contributed by atoms with Crippen LogP contribution >= 0.6 is 0 Å². The molecule has 1 aromatic heterocycles. The molecule has 0 aliphatic heterocycles. The van der Waals surface area contributed by atoms with Crippen molar-refractivity contribution in [3.63, 3.8) is 0 Å². The van der Waals surface area contributed by atoms with E-state index in [1.165, 1.54) is 38.5 Å². The molecule has 2 N–H and O–H groups in total. The minimum atomic E-state index is 0.0319. The van der Waals surface area contributed by atoms with E-state index in [4.69, 9.17) is 0 Å². The Hall–Kier alpha value is -1.58. The van der Waals surface area contributed by atoms with E-state index in [0.717, 1.165) is 12.1 Å². The number of hydrogen-bond acceptors (Lipinski definition) is 3. The number of pyridine rings is 1. The number of carbonyl (C=O) groups excluding carboxylic acids is 1. The summed E-state index contributed by atoms with van der Waals surface area (Å²) in [4.78, 5) is 15.8. The van der Waals surface area contributed by atoms with Gasteiger partial charge in [0.25, 0.3) is 0 Å². The third-order valence-electron chi connectivity index (χ3n) is 3.73. The third kappa shape index (κ3) is 4.83. The fraction of sp³-hybridized carbons (Fsp3) is 0.625. The van der Waals surface area contributed by atoms with E-state index in [9.17, 15) is 4.79 Å². The molecule has 1 aliphatic rings. The Balaban J connectivity index is 1.85. The van der Waals surface area contributed by atoms with Gasteiger partial charge in [0.15, 0.2) is 0 Å². The zero-order valence-corrected chi connectivity index (χ0v) is 12.3. The van der Waals surface area contributed by atoms with Gasteiger partial charge < -0.3 is 10.6 Å². The van der Waals surface area contributed by atoms with Crippen LogP contribution in [0.3, 0.4) is 0 Å². The number of anilines is 2. The number of nitrogens with zero attached hydrogens (tertiary/aromatic N) is 1. The first-order chi connectivity index (χ1) is 9.78. The Labute approximate surface area is 121 Å². The van der Waals surface area contributed by atoms with E-state index >= 15 is 0 Å². The van der Waals surface area contributed by atoms with Gasteiger partial charge in [-0.15, -0.1) is 0 Å². The van der Waals surface area contributed by atoms with Crippen molar-refractivity contribution in [2.45, 2.75) is 64.3 Å². The summed E-state index contributed by atoms with van der Waals surface area (Å²) in [6, 6.07) is 4.44. The maximum atomic E-state index is 11.5. The van der Waals surface area contributed by atoms with Crippen LogP contribution in [0.2, 0.25) is 0 Å². The molecule has 1 amide bonds. The van der Waals surface area contributed by atoms with Crippen LogP contribution in [0.4, 0.5) is 11.5 Å². The normalized spacial score (nSPS) is 16.4. The SMILES string of the molecule is CCCC(=O)Nc1ccc(NC2CCCCCC2)cn1. The highest BCUT2D eigenvalue weighted by Crippen LogP contribution is 2.21. The number of rotatable bonds is 5. The van der Waals surface area contributed by atoms with Gasteiger partial charge in [0.2, 0.25) is 5.91 Å². The Kier molecular flexibility index (Phi) is 5.84. The summed E-state index contributed by atoms with van der Waals surface area (Å²) in [7, 11) is 0. The minimum Gasteiger partial charge on any atom is -0.381 e. The summed E-state index contributed by atoms with van der Waals surface area (Å²) in [6.07, 6.45) is 11.1. The molecule has 110 valence electrons. The van der Waals surface area contributed by atoms with Crippen molar-refractivity contribution in [1.82, 2.24) is 4.98 Å². The Bertz CT molecular complexity index is 408. The van der Waals surface area contributed by atoms with Gasteiger partial charge in [0.05, 0.1) is 11.9 Å². The second-order valence-electron chi connectivity index (χ2n) is 5.56. The van der Waals surface area contributed by atoms with Gasteiger partial charge in [0.1, 0.15) is 5.82 Å². The Morgan fingerprint density at radius 2 is 2.00 bits per heavy atom. The molecular formula is C16H25N3O. The summed E-state index contributed by atoms with van der Waals surface area (Å²) in [6.45, 7) is 1.99. The maximum absolute atomic E-state index is 11.5. The highest BCUT2D eigenvalue weighted by atomic mass is 16.1. The first kappa shape index (κ1) is 14.8. The molecule has 1 aromatic rings. The molecule has 1 fully saturated rings. The molecule has 4 heteroatoms. The lowest BCUT2D eigenvalue weighted by atomic mass is 10.1. The van der Waals surface area contributed by atoms with Crippen molar-refractivity contribution in [2.75, 3.05) is 10.6 Å². The molecule has 4 nitrogen and oxygen atoms in total. The van der Waals surface area contributed by atoms with Crippen LogP contribution in [0.15, 0.2) is 18.3 Å². The first-order valence-corrected chi connectivity index (χ1v) is 7.80. The smallest absolute Gasteiger partial charge is 0.225 e. The predicted molar refractivity (Wildman–Crippen MR) is 82.9 cm³/mol. The molecule has 0 atom stereocenters. The van der Waals surface area contributed by atoms with E-state index in [1.807, 2.05) is 25.3 Å². The second-order valence-corrected chi connectivity index (χ2v) is 5.56. The molecule has 1 aliphatic carbocycles. The molecule has 0 bridgehead atoms. The fourth-order valence-corrected chi connectivity index (χ4v) is 2.64. The largest absolute Gasteiger partial charge is 0.381 e. The summed E-state index contributed by atoms with van der Waals surface area (Å²) >= 11 is 0. The zero-order chi connectivity index (χ0) is 14.2. The average molecular weight is 275 g/mol. The number of hydrogen-bond donors (Lipinski definition) is 2. The molecule has 1 saturated carbocycles. The van der Waals surface area contributed by atoms with E-state index in [-0.39, 0.29) is 5.91 Å². The van der Waals surface area contributed by atoms with E-state index in [1.54, 1.807) is 0 Å². The summed E-state index contributed by atoms with van der Waals surface area (Å²) in [5.74, 6) is 0.666. The van der Waals surface area contributed by atoms with Gasteiger partial charge in [0, 0.05) is 12.5 Å². The molecule has 20 heavy (non-hydrogen) atoms. The lowest BCUT2D eigenvalue weighted by Crippen LogP contribution is -2.18. The van der Waals surface area contributed by atoms with Crippen LogP contribution in [0.5, 0.6) is 0 Å². The topological polar surface area (TPSA) is 54.0 Å². The quantitative estimate of drug-likeness (QED) is 0.800. The van der Waals surface area contributed by atoms with Crippen LogP contribution in [0.1, 0.15) is 58.3 Å². The van der Waals surface area contributed by atoms with Crippen LogP contribution in [0, 0.1) is 0 Å². The zero-order valence-electron chi connectivity index (χ0n) is 12.3. The number of carbonyl (C=O) groups is 1. The van der Waals surface area contributed by atoms with Crippen LogP contribution in [0.25, 0.3) is 0 Å². The molecular weight excluding hydrogens is 250 g/mol. The Morgan fingerprint density at radius 1 is 1.25 bits per heavy atom. The minimum absolute atomic E-state index is 0.0319. The van der Waals surface area contributed by atoms with Crippen molar-refractivity contribution in [3.8, 4) is 0 Å². The van der Waals surface area contributed by atoms with Gasteiger partial charge in [-0.2, -0.15) is 0 Å². The fourth-order valence-electron chi connectivity index (χ4n) is 2.64. The van der Waals surface area contributed by atoms with Crippen molar-refractivity contribution in [2.24, 2.45) is 0 Å². The summed E-state index contributed by atoms with van der Waals surface area (Å²) in [5.41, 5.74) is 1.05. The van der Waals surface area contributed by atoms with Gasteiger partial charge in [-0.25, -0.2) is 4.98 Å². The molecule has 0 saturated heterocycles. The average Bonchev–Trinajstić information content (AvgIpc) is 2.70. The highest BCUT2D eigenvalue weighted by Gasteiger charge is 2.12. The monoisotopic (exact) mass is 275 g/mol. The molecule has 2 rings (SSSR count). The predicted octanol–water partition coefficient (Wildman–Crippen LogP) is 3.95. The van der Waals surface area contributed by atoms with Gasteiger partial charge in [-0.1, -0.05) is 32.6 Å². The number of nitrogens with one attached hydrogen (secondary N) is 2. The molecule has 0 radical (unpaired) electrons. The molecule has 0 spiro atoms. The lowest BCUT2D eigenvalue weighted by Gasteiger charge is -2.17. The van der Waals surface area contributed by atoms with Crippen LogP contribution in [-0.4, -0.2) is 16.9 Å². The van der Waals surface area contributed by atoms with Crippen molar-refractivity contribution >= 4 is 17.4 Å². The molecule has 0 unspecified atom stereocenters. The Morgan fingerprint density at radius 3 is 2.60 bits per heavy atom. The van der Waals surface area contributed by atoms with Gasteiger partial charge in [-0.3, -0.25) is 4.79 Å². The standard InChI is InChI=1S/C16H25N3O/c1-2-7-16(20)19-15-11-10-14(12-17-15)18-13-8-5-3-4-6-9-13/h10-13,18H,2-9H2,1H3,(H,17,19,20). The van der Waals surface area contributed by atoms with Gasteiger partial charge >= 0.3 is 0 Å². The second kappa shape index (κ2) is 7.88.